The fourth-order valence-corrected chi connectivity index (χ4v) is 4.49. The molecule has 1 aromatic rings. The fraction of sp³-hybridized carbons (Fsp3) is 0.591. The van der Waals surface area contributed by atoms with Crippen LogP contribution in [0.5, 0.6) is 5.75 Å². The third-order valence-corrected chi connectivity index (χ3v) is 6.11. The van der Waals surface area contributed by atoms with Crippen molar-refractivity contribution in [3.8, 4) is 5.75 Å². The normalized spacial score (nSPS) is 23.8. The highest BCUT2D eigenvalue weighted by Gasteiger charge is 2.39. The molecule has 8 heteroatoms. The number of piperidine rings is 1. The van der Waals surface area contributed by atoms with Crippen LogP contribution in [0.3, 0.4) is 0 Å². The lowest BCUT2D eigenvalue weighted by Crippen LogP contribution is -2.50. The van der Waals surface area contributed by atoms with Crippen molar-refractivity contribution in [1.29, 1.82) is 0 Å². The van der Waals surface area contributed by atoms with Gasteiger partial charge in [0.2, 0.25) is 11.8 Å². The maximum atomic E-state index is 13.7. The van der Waals surface area contributed by atoms with Gasteiger partial charge in [-0.05, 0) is 56.2 Å². The summed E-state index contributed by atoms with van der Waals surface area (Å²) in [6.07, 6.45) is 4.47. The standard InChI is InChI=1S/C22H29FN2O5/c1-29-18-13-15(6-7-16(18)23)14-22(10-8-19(26)24-22)11-9-20(27)25-12-4-3-5-17(25)21(28)30-2/h6-7,13,17H,3-5,8-12,14H2,1-2H3,(H,24,26). The van der Waals surface area contributed by atoms with Gasteiger partial charge in [0.25, 0.3) is 0 Å². The van der Waals surface area contributed by atoms with E-state index in [0.717, 1.165) is 18.4 Å². The van der Waals surface area contributed by atoms with Crippen molar-refractivity contribution < 1.29 is 28.2 Å². The highest BCUT2D eigenvalue weighted by Crippen LogP contribution is 2.32. The summed E-state index contributed by atoms with van der Waals surface area (Å²) >= 11 is 0. The zero-order valence-corrected chi connectivity index (χ0v) is 17.5. The zero-order valence-electron chi connectivity index (χ0n) is 17.5. The first-order valence-corrected chi connectivity index (χ1v) is 10.4. The van der Waals surface area contributed by atoms with Crippen LogP contribution in [0.15, 0.2) is 18.2 Å². The van der Waals surface area contributed by atoms with Gasteiger partial charge in [0.15, 0.2) is 11.6 Å². The van der Waals surface area contributed by atoms with Crippen molar-refractivity contribution in [3.05, 3.63) is 29.6 Å². The smallest absolute Gasteiger partial charge is 0.328 e. The summed E-state index contributed by atoms with van der Waals surface area (Å²) < 4.78 is 23.7. The van der Waals surface area contributed by atoms with Gasteiger partial charge >= 0.3 is 5.97 Å². The van der Waals surface area contributed by atoms with Crippen molar-refractivity contribution in [2.75, 3.05) is 20.8 Å². The van der Waals surface area contributed by atoms with Crippen LogP contribution in [0.25, 0.3) is 0 Å². The number of hydrogen-bond donors (Lipinski definition) is 1. The van der Waals surface area contributed by atoms with Crippen molar-refractivity contribution >= 4 is 17.8 Å². The Kier molecular flexibility index (Phi) is 6.95. The highest BCUT2D eigenvalue weighted by atomic mass is 19.1. The average Bonchev–Trinajstić information content (AvgIpc) is 3.13. The van der Waals surface area contributed by atoms with Gasteiger partial charge in [-0.15, -0.1) is 0 Å². The summed E-state index contributed by atoms with van der Waals surface area (Å²) in [5.41, 5.74) is 0.250. The molecule has 0 radical (unpaired) electrons. The Bertz CT molecular complexity index is 815. The van der Waals surface area contributed by atoms with Crippen molar-refractivity contribution in [3.63, 3.8) is 0 Å². The number of esters is 1. The first-order valence-electron chi connectivity index (χ1n) is 10.4. The zero-order chi connectivity index (χ0) is 21.7. The minimum atomic E-state index is -0.577. The number of carbonyl (C=O) groups is 3. The Balaban J connectivity index is 1.71. The monoisotopic (exact) mass is 420 g/mol. The molecule has 2 saturated heterocycles. The predicted molar refractivity (Wildman–Crippen MR) is 107 cm³/mol. The number of hydrogen-bond acceptors (Lipinski definition) is 5. The van der Waals surface area contributed by atoms with Gasteiger partial charge in [-0.25, -0.2) is 9.18 Å². The van der Waals surface area contributed by atoms with Gasteiger partial charge in [0.05, 0.1) is 14.2 Å². The van der Waals surface area contributed by atoms with E-state index in [1.807, 2.05) is 0 Å². The summed E-state index contributed by atoms with van der Waals surface area (Å²) in [4.78, 5) is 38.6. The lowest BCUT2D eigenvalue weighted by Gasteiger charge is -2.35. The van der Waals surface area contributed by atoms with Gasteiger partial charge in [-0.2, -0.15) is 0 Å². The highest BCUT2D eigenvalue weighted by molar-refractivity contribution is 5.85. The van der Waals surface area contributed by atoms with E-state index in [2.05, 4.69) is 5.32 Å². The quantitative estimate of drug-likeness (QED) is 0.685. The van der Waals surface area contributed by atoms with Crippen LogP contribution in [-0.2, 0) is 25.5 Å². The third kappa shape index (κ3) is 4.91. The third-order valence-electron chi connectivity index (χ3n) is 6.11. The molecule has 0 bridgehead atoms. The number of rotatable bonds is 7. The van der Waals surface area contributed by atoms with E-state index in [-0.39, 0.29) is 30.0 Å². The Hall–Kier alpha value is -2.64. The summed E-state index contributed by atoms with van der Waals surface area (Å²) in [5, 5.41) is 3.04. The molecular weight excluding hydrogens is 391 g/mol. The molecule has 30 heavy (non-hydrogen) atoms. The summed E-state index contributed by atoms with van der Waals surface area (Å²) in [6.45, 7) is 0.535. The Morgan fingerprint density at radius 3 is 2.77 bits per heavy atom. The van der Waals surface area contributed by atoms with E-state index >= 15 is 0 Å². The number of carbonyl (C=O) groups excluding carboxylic acids is 3. The molecule has 2 atom stereocenters. The molecule has 2 fully saturated rings. The van der Waals surface area contributed by atoms with Gasteiger partial charge in [-0.3, -0.25) is 9.59 Å². The molecule has 2 aliphatic rings. The second kappa shape index (κ2) is 9.45. The van der Waals surface area contributed by atoms with E-state index in [1.165, 1.54) is 20.3 Å². The lowest BCUT2D eigenvalue weighted by atomic mass is 9.84. The number of nitrogens with zero attached hydrogens (tertiary/aromatic N) is 1. The molecule has 0 aromatic heterocycles. The van der Waals surface area contributed by atoms with Gasteiger partial charge < -0.3 is 19.7 Å². The molecule has 1 N–H and O–H groups in total. The first kappa shape index (κ1) is 22.1. The molecule has 0 spiro atoms. The van der Waals surface area contributed by atoms with Gasteiger partial charge in [0.1, 0.15) is 6.04 Å². The number of likely N-dealkylation sites (tertiary alicyclic amines) is 1. The van der Waals surface area contributed by atoms with E-state index in [4.69, 9.17) is 9.47 Å². The maximum Gasteiger partial charge on any atom is 0.328 e. The van der Waals surface area contributed by atoms with Crippen molar-refractivity contribution in [1.82, 2.24) is 10.2 Å². The number of halogens is 1. The van der Waals surface area contributed by atoms with Gasteiger partial charge in [0, 0.05) is 24.9 Å². The van der Waals surface area contributed by atoms with Gasteiger partial charge in [-0.1, -0.05) is 6.07 Å². The van der Waals surface area contributed by atoms with Crippen LogP contribution in [0.1, 0.15) is 50.5 Å². The number of benzene rings is 1. The largest absolute Gasteiger partial charge is 0.494 e. The number of ether oxygens (including phenoxy) is 2. The summed E-state index contributed by atoms with van der Waals surface area (Å²) in [6, 6.07) is 4.11. The first-order chi connectivity index (χ1) is 14.4. The van der Waals surface area contributed by atoms with Crippen molar-refractivity contribution in [2.24, 2.45) is 0 Å². The molecule has 0 saturated carbocycles. The molecule has 0 aliphatic carbocycles. The van der Waals surface area contributed by atoms with Crippen LogP contribution in [0.2, 0.25) is 0 Å². The molecule has 1 aromatic carbocycles. The molecular formula is C22H29FN2O5. The van der Waals surface area contributed by atoms with Crippen LogP contribution in [0.4, 0.5) is 4.39 Å². The van der Waals surface area contributed by atoms with E-state index in [9.17, 15) is 18.8 Å². The fourth-order valence-electron chi connectivity index (χ4n) is 4.49. The molecule has 3 rings (SSSR count). The van der Waals surface area contributed by atoms with Crippen LogP contribution >= 0.6 is 0 Å². The summed E-state index contributed by atoms with van der Waals surface area (Å²) in [7, 11) is 2.74. The van der Waals surface area contributed by atoms with Crippen LogP contribution < -0.4 is 10.1 Å². The maximum absolute atomic E-state index is 13.7. The molecule has 2 aliphatic heterocycles. The van der Waals surface area contributed by atoms with Crippen molar-refractivity contribution in [2.45, 2.75) is 62.9 Å². The second-order valence-electron chi connectivity index (χ2n) is 8.10. The Morgan fingerprint density at radius 1 is 1.30 bits per heavy atom. The molecule has 2 heterocycles. The van der Waals surface area contributed by atoms with Crippen LogP contribution in [-0.4, -0.2) is 55.0 Å². The molecule has 7 nitrogen and oxygen atoms in total. The second-order valence-corrected chi connectivity index (χ2v) is 8.10. The predicted octanol–water partition coefficient (Wildman–Crippen LogP) is 2.36. The Labute approximate surface area is 175 Å². The van der Waals surface area contributed by atoms with E-state index in [1.54, 1.807) is 17.0 Å². The number of methoxy groups -OCH3 is 2. The minimum absolute atomic E-state index is 0.0538. The summed E-state index contributed by atoms with van der Waals surface area (Å²) in [5.74, 6) is -0.841. The molecule has 2 unspecified atom stereocenters. The number of amides is 2. The van der Waals surface area contributed by atoms with E-state index < -0.39 is 17.4 Å². The lowest BCUT2D eigenvalue weighted by molar-refractivity contribution is -0.154. The topological polar surface area (TPSA) is 84.9 Å². The average molecular weight is 420 g/mol. The van der Waals surface area contributed by atoms with Crippen LogP contribution in [0, 0.1) is 5.82 Å². The minimum Gasteiger partial charge on any atom is -0.494 e. The Morgan fingerprint density at radius 2 is 2.10 bits per heavy atom. The SMILES string of the molecule is COC(=O)C1CCCCN1C(=O)CCC1(Cc2ccc(F)c(OC)c2)CCC(=O)N1. The molecule has 164 valence electrons. The number of nitrogens with one attached hydrogen (secondary N) is 1. The van der Waals surface area contributed by atoms with E-state index in [0.29, 0.717) is 38.6 Å². The molecule has 2 amide bonds.